The summed E-state index contributed by atoms with van der Waals surface area (Å²) in [4.78, 5) is 0. The molecule has 1 aromatic heterocycles. The van der Waals surface area contributed by atoms with Crippen molar-refractivity contribution in [2.45, 2.75) is 46.0 Å². The monoisotopic (exact) mass is 262 g/mol. The number of rotatable bonds is 6. The van der Waals surface area contributed by atoms with Gasteiger partial charge in [0.05, 0.1) is 6.42 Å². The molecule has 1 N–H and O–H groups in total. The zero-order chi connectivity index (χ0) is 13.8. The Bertz CT molecular complexity index is 355. The lowest BCUT2D eigenvalue weighted by atomic mass is 9.98. The molecule has 1 aromatic rings. The standard InChI is InChI=1S/C13H21F3N2/c1-4-17-12(10(2)3)11-5-7-18(9-11)8-6-13(14,15)16/h5,7,9-10,12,17H,4,6,8H2,1-3H3. The quantitative estimate of drug-likeness (QED) is 0.826. The van der Waals surface area contributed by atoms with Crippen LogP contribution >= 0.6 is 0 Å². The van der Waals surface area contributed by atoms with Gasteiger partial charge in [0.15, 0.2) is 0 Å². The first-order chi connectivity index (χ1) is 8.33. The van der Waals surface area contributed by atoms with Crippen LogP contribution in [0.4, 0.5) is 13.2 Å². The lowest BCUT2D eigenvalue weighted by molar-refractivity contribution is -0.136. The van der Waals surface area contributed by atoms with Gasteiger partial charge in [0.1, 0.15) is 0 Å². The van der Waals surface area contributed by atoms with Crippen LogP contribution in [0, 0.1) is 5.92 Å². The summed E-state index contributed by atoms with van der Waals surface area (Å²) >= 11 is 0. The molecule has 104 valence electrons. The van der Waals surface area contributed by atoms with Crippen molar-refractivity contribution >= 4 is 0 Å². The number of aromatic nitrogens is 1. The summed E-state index contributed by atoms with van der Waals surface area (Å²) in [5.41, 5.74) is 1.05. The average Bonchev–Trinajstić information content (AvgIpc) is 2.70. The number of hydrogen-bond acceptors (Lipinski definition) is 1. The molecule has 0 aliphatic rings. The smallest absolute Gasteiger partial charge is 0.354 e. The van der Waals surface area contributed by atoms with E-state index in [9.17, 15) is 13.2 Å². The second-order valence-corrected chi connectivity index (χ2v) is 4.83. The van der Waals surface area contributed by atoms with Crippen LogP contribution in [0.2, 0.25) is 0 Å². The summed E-state index contributed by atoms with van der Waals surface area (Å²) in [7, 11) is 0. The van der Waals surface area contributed by atoms with Crippen LogP contribution in [0.1, 0.15) is 38.8 Å². The Balaban J connectivity index is 2.66. The summed E-state index contributed by atoms with van der Waals surface area (Å²) in [6.45, 7) is 7.05. The molecule has 0 bridgehead atoms. The lowest BCUT2D eigenvalue weighted by Crippen LogP contribution is -2.25. The van der Waals surface area contributed by atoms with Crippen molar-refractivity contribution in [3.8, 4) is 0 Å². The third-order valence-electron chi connectivity index (χ3n) is 2.88. The Morgan fingerprint density at radius 3 is 2.50 bits per heavy atom. The maximum atomic E-state index is 12.1. The normalized spacial score (nSPS) is 14.2. The van der Waals surface area contributed by atoms with Gasteiger partial charge in [0.2, 0.25) is 0 Å². The van der Waals surface area contributed by atoms with Gasteiger partial charge >= 0.3 is 6.18 Å². The first-order valence-electron chi connectivity index (χ1n) is 6.29. The minimum Gasteiger partial charge on any atom is -0.354 e. The minimum atomic E-state index is -4.09. The van der Waals surface area contributed by atoms with Crippen LogP contribution in [-0.2, 0) is 6.54 Å². The molecule has 0 amide bonds. The van der Waals surface area contributed by atoms with E-state index in [0.29, 0.717) is 5.92 Å². The molecule has 18 heavy (non-hydrogen) atoms. The highest BCUT2D eigenvalue weighted by atomic mass is 19.4. The highest BCUT2D eigenvalue weighted by molar-refractivity contribution is 5.16. The first-order valence-corrected chi connectivity index (χ1v) is 6.29. The molecule has 1 unspecified atom stereocenters. The predicted molar refractivity (Wildman–Crippen MR) is 66.4 cm³/mol. The van der Waals surface area contributed by atoms with Crippen molar-refractivity contribution in [1.82, 2.24) is 9.88 Å². The van der Waals surface area contributed by atoms with Crippen molar-refractivity contribution in [2.75, 3.05) is 6.54 Å². The third-order valence-corrected chi connectivity index (χ3v) is 2.88. The fraction of sp³-hybridized carbons (Fsp3) is 0.692. The van der Waals surface area contributed by atoms with Gasteiger partial charge < -0.3 is 9.88 Å². The van der Waals surface area contributed by atoms with E-state index in [4.69, 9.17) is 0 Å². The van der Waals surface area contributed by atoms with E-state index in [0.717, 1.165) is 12.1 Å². The van der Waals surface area contributed by atoms with Crippen molar-refractivity contribution < 1.29 is 13.2 Å². The molecule has 5 heteroatoms. The topological polar surface area (TPSA) is 17.0 Å². The minimum absolute atomic E-state index is 0.0135. The van der Waals surface area contributed by atoms with Crippen LogP contribution in [-0.4, -0.2) is 17.3 Å². The molecule has 1 heterocycles. The number of alkyl halides is 3. The van der Waals surface area contributed by atoms with Gasteiger partial charge in [-0.3, -0.25) is 0 Å². The average molecular weight is 262 g/mol. The Morgan fingerprint density at radius 2 is 2.00 bits per heavy atom. The Hall–Kier alpha value is -0.970. The second kappa shape index (κ2) is 6.27. The Kier molecular flexibility index (Phi) is 5.26. The highest BCUT2D eigenvalue weighted by Gasteiger charge is 2.26. The molecular formula is C13H21F3N2. The number of hydrogen-bond donors (Lipinski definition) is 1. The van der Waals surface area contributed by atoms with Gasteiger partial charge in [-0.05, 0) is 24.1 Å². The molecule has 1 atom stereocenters. The maximum absolute atomic E-state index is 12.1. The molecule has 0 aromatic carbocycles. The third kappa shape index (κ3) is 4.72. The zero-order valence-corrected chi connectivity index (χ0v) is 11.1. The van der Waals surface area contributed by atoms with Crippen LogP contribution in [0.25, 0.3) is 0 Å². The number of nitrogens with one attached hydrogen (secondary N) is 1. The van der Waals surface area contributed by atoms with Gasteiger partial charge in [-0.2, -0.15) is 13.2 Å². The van der Waals surface area contributed by atoms with Gasteiger partial charge in [-0.15, -0.1) is 0 Å². The van der Waals surface area contributed by atoms with Crippen LogP contribution in [0.15, 0.2) is 18.5 Å². The van der Waals surface area contributed by atoms with E-state index in [1.165, 1.54) is 0 Å². The molecule has 0 radical (unpaired) electrons. The van der Waals surface area contributed by atoms with E-state index in [2.05, 4.69) is 19.2 Å². The fourth-order valence-electron chi connectivity index (χ4n) is 2.00. The molecule has 0 fully saturated rings. The van der Waals surface area contributed by atoms with Crippen LogP contribution in [0.3, 0.4) is 0 Å². The molecule has 0 saturated carbocycles. The highest BCUT2D eigenvalue weighted by Crippen LogP contribution is 2.24. The van der Waals surface area contributed by atoms with Gasteiger partial charge in [0, 0.05) is 25.0 Å². The van der Waals surface area contributed by atoms with E-state index < -0.39 is 12.6 Å². The Labute approximate surface area is 106 Å². The van der Waals surface area contributed by atoms with Crippen molar-refractivity contribution in [3.63, 3.8) is 0 Å². The SMILES string of the molecule is CCNC(c1ccn(CCC(F)(F)F)c1)C(C)C. The predicted octanol–water partition coefficient (Wildman–Crippen LogP) is 3.75. The summed E-state index contributed by atoms with van der Waals surface area (Å²) < 4.78 is 38.0. The molecule has 1 rings (SSSR count). The molecule has 0 aliphatic heterocycles. The first kappa shape index (κ1) is 15.1. The van der Waals surface area contributed by atoms with Gasteiger partial charge in [-0.1, -0.05) is 20.8 Å². The largest absolute Gasteiger partial charge is 0.390 e. The lowest BCUT2D eigenvalue weighted by Gasteiger charge is -2.20. The van der Waals surface area contributed by atoms with Crippen LogP contribution in [0.5, 0.6) is 0 Å². The van der Waals surface area contributed by atoms with E-state index in [1.807, 2.05) is 13.0 Å². The van der Waals surface area contributed by atoms with Gasteiger partial charge in [0.25, 0.3) is 0 Å². The van der Waals surface area contributed by atoms with Crippen molar-refractivity contribution in [2.24, 2.45) is 5.92 Å². The second-order valence-electron chi connectivity index (χ2n) is 4.83. The Morgan fingerprint density at radius 1 is 1.33 bits per heavy atom. The van der Waals surface area contributed by atoms with Crippen LogP contribution < -0.4 is 5.32 Å². The number of halogens is 3. The van der Waals surface area contributed by atoms with E-state index in [1.54, 1.807) is 17.0 Å². The molecule has 0 saturated heterocycles. The number of aryl methyl sites for hydroxylation is 1. The van der Waals surface area contributed by atoms with Crippen molar-refractivity contribution in [3.05, 3.63) is 24.0 Å². The molecule has 0 aliphatic carbocycles. The van der Waals surface area contributed by atoms with E-state index in [-0.39, 0.29) is 12.6 Å². The maximum Gasteiger partial charge on any atom is 0.390 e. The van der Waals surface area contributed by atoms with E-state index >= 15 is 0 Å². The fourth-order valence-corrected chi connectivity index (χ4v) is 2.00. The summed E-state index contributed by atoms with van der Waals surface area (Å²) in [5, 5.41) is 3.35. The summed E-state index contributed by atoms with van der Waals surface area (Å²) in [5.74, 6) is 0.406. The molecule has 2 nitrogen and oxygen atoms in total. The number of nitrogens with zero attached hydrogens (tertiary/aromatic N) is 1. The zero-order valence-electron chi connectivity index (χ0n) is 11.1. The summed E-state index contributed by atoms with van der Waals surface area (Å²) in [6, 6.07) is 2.09. The van der Waals surface area contributed by atoms with Crippen molar-refractivity contribution in [1.29, 1.82) is 0 Å². The molecule has 0 spiro atoms. The van der Waals surface area contributed by atoms with Gasteiger partial charge in [-0.25, -0.2) is 0 Å². The molecular weight excluding hydrogens is 241 g/mol. The summed E-state index contributed by atoms with van der Waals surface area (Å²) in [6.07, 6.45) is -1.36.